The molecule has 0 fully saturated rings. The summed E-state index contributed by atoms with van der Waals surface area (Å²) in [6, 6.07) is -4.52. The van der Waals surface area contributed by atoms with Crippen LogP contribution in [0.25, 0.3) is 0 Å². The molecule has 0 rings (SSSR count). The van der Waals surface area contributed by atoms with E-state index in [0.29, 0.717) is 32.4 Å². The third kappa shape index (κ3) is 14.6. The Balaban J connectivity index is 5.36. The standard InChI is InChI=1S/C22H42N8O7/c1-12(2)17(20(35)29-15(21(36)37)8-9-16(31)32)30-19(34)14(7-3-4-10-23)28-18(33)13(24)6-5-11-27-22(25)26/h12-15,17H,3-11,23-24H2,1-2H3,(H,28,33)(H,29,35)(H,30,34)(H,31,32)(H,36,37)(H4,25,26,27). The van der Waals surface area contributed by atoms with Gasteiger partial charge in [-0.25, -0.2) is 4.79 Å². The predicted molar refractivity (Wildman–Crippen MR) is 136 cm³/mol. The Labute approximate surface area is 216 Å². The van der Waals surface area contributed by atoms with Crippen LogP contribution in [0.1, 0.15) is 58.8 Å². The highest BCUT2D eigenvalue weighted by molar-refractivity contribution is 5.94. The first kappa shape index (κ1) is 33.5. The van der Waals surface area contributed by atoms with Gasteiger partial charge in [0.25, 0.3) is 0 Å². The average molecular weight is 531 g/mol. The van der Waals surface area contributed by atoms with E-state index >= 15 is 0 Å². The van der Waals surface area contributed by atoms with Crippen LogP contribution in [0.5, 0.6) is 0 Å². The van der Waals surface area contributed by atoms with Gasteiger partial charge in [-0.1, -0.05) is 13.8 Å². The molecule has 0 aromatic rings. The number of nitrogens with one attached hydrogen (secondary N) is 3. The van der Waals surface area contributed by atoms with Crippen LogP contribution < -0.4 is 38.9 Å². The molecule has 4 unspecified atom stereocenters. The van der Waals surface area contributed by atoms with Crippen LogP contribution in [0, 0.1) is 5.92 Å². The molecule has 0 aromatic carbocycles. The van der Waals surface area contributed by atoms with Crippen molar-refractivity contribution in [1.82, 2.24) is 16.0 Å². The number of nitrogens with zero attached hydrogens (tertiary/aromatic N) is 1. The molecule has 0 spiro atoms. The minimum atomic E-state index is -1.45. The number of nitrogens with two attached hydrogens (primary N) is 4. The van der Waals surface area contributed by atoms with Crippen LogP contribution in [0.4, 0.5) is 0 Å². The Hall–Kier alpha value is -3.46. The van der Waals surface area contributed by atoms with Gasteiger partial charge in [-0.2, -0.15) is 0 Å². The number of carbonyl (C=O) groups excluding carboxylic acids is 3. The molecule has 212 valence electrons. The van der Waals surface area contributed by atoms with Gasteiger partial charge in [0.05, 0.1) is 6.04 Å². The number of unbranched alkanes of at least 4 members (excludes halogenated alkanes) is 1. The molecule has 4 atom stereocenters. The number of hydrogen-bond acceptors (Lipinski definition) is 8. The summed E-state index contributed by atoms with van der Waals surface area (Å²) in [6.07, 6.45) is 1.28. The molecular weight excluding hydrogens is 488 g/mol. The van der Waals surface area contributed by atoms with Crippen molar-refractivity contribution < 1.29 is 34.2 Å². The molecule has 15 heteroatoms. The lowest BCUT2D eigenvalue weighted by Gasteiger charge is -2.27. The summed E-state index contributed by atoms with van der Waals surface area (Å²) in [4.78, 5) is 64.5. The highest BCUT2D eigenvalue weighted by Crippen LogP contribution is 2.08. The van der Waals surface area contributed by atoms with Gasteiger partial charge in [-0.3, -0.25) is 24.2 Å². The van der Waals surface area contributed by atoms with Gasteiger partial charge < -0.3 is 49.1 Å². The fourth-order valence-corrected chi connectivity index (χ4v) is 3.27. The van der Waals surface area contributed by atoms with Crippen molar-refractivity contribution in [2.24, 2.45) is 33.8 Å². The van der Waals surface area contributed by atoms with Crippen LogP contribution in [-0.2, 0) is 24.0 Å². The second-order valence-corrected chi connectivity index (χ2v) is 8.96. The van der Waals surface area contributed by atoms with E-state index in [1.807, 2.05) is 0 Å². The molecular formula is C22H42N8O7. The smallest absolute Gasteiger partial charge is 0.326 e. The monoisotopic (exact) mass is 530 g/mol. The number of amides is 3. The maximum atomic E-state index is 13.1. The Bertz CT molecular complexity index is 802. The van der Waals surface area contributed by atoms with Crippen LogP contribution in [0.3, 0.4) is 0 Å². The second kappa shape index (κ2) is 17.9. The largest absolute Gasteiger partial charge is 0.481 e. The number of carboxylic acid groups (broad SMARTS) is 2. The van der Waals surface area contributed by atoms with Gasteiger partial charge in [0.15, 0.2) is 5.96 Å². The number of aliphatic imine (C=N–C) groups is 1. The van der Waals surface area contributed by atoms with E-state index in [4.69, 9.17) is 28.0 Å². The topological polar surface area (TPSA) is 278 Å². The Morgan fingerprint density at radius 2 is 1.43 bits per heavy atom. The Kier molecular flexibility index (Phi) is 16.2. The molecule has 37 heavy (non-hydrogen) atoms. The van der Waals surface area contributed by atoms with E-state index in [0.717, 1.165) is 0 Å². The molecule has 3 amide bonds. The first-order valence-electron chi connectivity index (χ1n) is 12.2. The SMILES string of the molecule is CC(C)C(NC(=O)C(CCCCN)NC(=O)C(N)CCCN=C(N)N)C(=O)NC(CCC(=O)O)C(=O)O. The zero-order valence-electron chi connectivity index (χ0n) is 21.4. The fourth-order valence-electron chi connectivity index (χ4n) is 3.27. The molecule has 13 N–H and O–H groups in total. The Morgan fingerprint density at radius 3 is 1.95 bits per heavy atom. The van der Waals surface area contributed by atoms with E-state index in [1.54, 1.807) is 13.8 Å². The zero-order chi connectivity index (χ0) is 28.5. The maximum absolute atomic E-state index is 13.1. The number of carboxylic acids is 2. The van der Waals surface area contributed by atoms with E-state index in [-0.39, 0.29) is 25.2 Å². The fraction of sp³-hybridized carbons (Fsp3) is 0.727. The van der Waals surface area contributed by atoms with Gasteiger partial charge in [-0.05, 0) is 51.0 Å². The summed E-state index contributed by atoms with van der Waals surface area (Å²) >= 11 is 0. The summed E-state index contributed by atoms with van der Waals surface area (Å²) in [6.45, 7) is 3.97. The third-order valence-electron chi connectivity index (χ3n) is 5.39. The normalized spacial score (nSPS) is 14.1. The third-order valence-corrected chi connectivity index (χ3v) is 5.39. The lowest BCUT2D eigenvalue weighted by atomic mass is 10.0. The minimum Gasteiger partial charge on any atom is -0.481 e. The van der Waals surface area contributed by atoms with E-state index in [2.05, 4.69) is 20.9 Å². The molecule has 15 nitrogen and oxygen atoms in total. The van der Waals surface area contributed by atoms with E-state index in [1.165, 1.54) is 0 Å². The quantitative estimate of drug-likeness (QED) is 0.0480. The molecule has 0 heterocycles. The Morgan fingerprint density at radius 1 is 0.811 bits per heavy atom. The summed E-state index contributed by atoms with van der Waals surface area (Å²) in [7, 11) is 0. The number of rotatable bonds is 19. The van der Waals surface area contributed by atoms with Crippen LogP contribution in [-0.4, -0.2) is 83.1 Å². The number of aliphatic carboxylic acids is 2. The van der Waals surface area contributed by atoms with Crippen LogP contribution in [0.2, 0.25) is 0 Å². The van der Waals surface area contributed by atoms with E-state index < -0.39 is 66.2 Å². The highest BCUT2D eigenvalue weighted by Gasteiger charge is 2.31. The predicted octanol–water partition coefficient (Wildman–Crippen LogP) is -2.44. The van der Waals surface area contributed by atoms with Gasteiger partial charge in [-0.15, -0.1) is 0 Å². The molecule has 0 aromatic heterocycles. The molecule has 0 aliphatic carbocycles. The van der Waals surface area contributed by atoms with Crippen molar-refractivity contribution in [3.8, 4) is 0 Å². The summed E-state index contributed by atoms with van der Waals surface area (Å²) < 4.78 is 0. The average Bonchev–Trinajstić information content (AvgIpc) is 2.80. The first-order valence-corrected chi connectivity index (χ1v) is 12.2. The molecule has 0 aliphatic rings. The van der Waals surface area contributed by atoms with Crippen LogP contribution >= 0.6 is 0 Å². The molecule has 0 saturated carbocycles. The van der Waals surface area contributed by atoms with E-state index in [9.17, 15) is 29.1 Å². The van der Waals surface area contributed by atoms with Gasteiger partial charge in [0.1, 0.15) is 18.1 Å². The van der Waals surface area contributed by atoms with Gasteiger partial charge in [0.2, 0.25) is 17.7 Å². The molecule has 0 bridgehead atoms. The molecule has 0 radical (unpaired) electrons. The number of hydrogen-bond donors (Lipinski definition) is 9. The highest BCUT2D eigenvalue weighted by atomic mass is 16.4. The van der Waals surface area contributed by atoms with Gasteiger partial charge in [0, 0.05) is 13.0 Å². The van der Waals surface area contributed by atoms with Crippen molar-refractivity contribution >= 4 is 35.6 Å². The van der Waals surface area contributed by atoms with Crippen molar-refractivity contribution in [3.63, 3.8) is 0 Å². The summed E-state index contributed by atoms with van der Waals surface area (Å²) in [5, 5.41) is 25.6. The zero-order valence-corrected chi connectivity index (χ0v) is 21.4. The summed E-state index contributed by atoms with van der Waals surface area (Å²) in [5.41, 5.74) is 22.0. The number of guanidine groups is 1. The van der Waals surface area contributed by atoms with Crippen molar-refractivity contribution in [2.45, 2.75) is 83.0 Å². The summed E-state index contributed by atoms with van der Waals surface area (Å²) in [5.74, 6) is -5.13. The van der Waals surface area contributed by atoms with Crippen LogP contribution in [0.15, 0.2) is 4.99 Å². The lowest BCUT2D eigenvalue weighted by Crippen LogP contribution is -2.58. The minimum absolute atomic E-state index is 0.0741. The van der Waals surface area contributed by atoms with Crippen molar-refractivity contribution in [3.05, 3.63) is 0 Å². The second-order valence-electron chi connectivity index (χ2n) is 8.96. The molecule has 0 saturated heterocycles. The maximum Gasteiger partial charge on any atom is 0.326 e. The van der Waals surface area contributed by atoms with Gasteiger partial charge >= 0.3 is 11.9 Å². The number of carbonyl (C=O) groups is 5. The lowest BCUT2D eigenvalue weighted by molar-refractivity contribution is -0.143. The molecule has 0 aliphatic heterocycles. The van der Waals surface area contributed by atoms with Crippen molar-refractivity contribution in [1.29, 1.82) is 0 Å². The van der Waals surface area contributed by atoms with Crippen molar-refractivity contribution in [2.75, 3.05) is 13.1 Å². The first-order chi connectivity index (χ1) is 17.3.